The van der Waals surface area contributed by atoms with Crippen molar-refractivity contribution in [1.29, 1.82) is 0 Å². The maximum Gasteiger partial charge on any atom is 0.140 e. The summed E-state index contributed by atoms with van der Waals surface area (Å²) in [6.45, 7) is 0.400. The van der Waals surface area contributed by atoms with E-state index in [0.29, 0.717) is 27.4 Å². The minimum absolute atomic E-state index is 0.400. The molecule has 0 radical (unpaired) electrons. The van der Waals surface area contributed by atoms with Gasteiger partial charge in [-0.05, 0) is 12.1 Å². The predicted molar refractivity (Wildman–Crippen MR) is 67.2 cm³/mol. The molecular formula is C10H8Cl3N3. The molecule has 0 amide bonds. The fourth-order valence-electron chi connectivity index (χ4n) is 1.33. The molecule has 3 nitrogen and oxygen atoms in total. The van der Waals surface area contributed by atoms with Crippen molar-refractivity contribution in [3.8, 4) is 0 Å². The molecule has 0 saturated heterocycles. The molecule has 0 saturated carbocycles. The van der Waals surface area contributed by atoms with Crippen LogP contribution in [0.15, 0.2) is 24.4 Å². The summed E-state index contributed by atoms with van der Waals surface area (Å²) in [4.78, 5) is 0. The zero-order chi connectivity index (χ0) is 11.7. The molecule has 2 N–H and O–H groups in total. The first-order chi connectivity index (χ1) is 7.59. The number of nitrogens with two attached hydrogens (primary N) is 1. The summed E-state index contributed by atoms with van der Waals surface area (Å²) in [5, 5.41) is 5.62. The smallest absolute Gasteiger partial charge is 0.140 e. The van der Waals surface area contributed by atoms with Crippen LogP contribution in [0.1, 0.15) is 5.56 Å². The van der Waals surface area contributed by atoms with E-state index in [1.54, 1.807) is 22.9 Å². The monoisotopic (exact) mass is 275 g/mol. The molecule has 84 valence electrons. The highest BCUT2D eigenvalue weighted by Crippen LogP contribution is 2.26. The Morgan fingerprint density at radius 1 is 1.12 bits per heavy atom. The van der Waals surface area contributed by atoms with Gasteiger partial charge >= 0.3 is 0 Å². The van der Waals surface area contributed by atoms with Crippen LogP contribution in [0, 0.1) is 0 Å². The molecule has 0 spiro atoms. The second-order valence-corrected chi connectivity index (χ2v) is 4.46. The Hall–Kier alpha value is -0.900. The molecule has 1 aromatic heterocycles. The van der Waals surface area contributed by atoms with E-state index in [-0.39, 0.29) is 0 Å². The fraction of sp³-hybridized carbons (Fsp3) is 0.100. The molecule has 1 aromatic carbocycles. The van der Waals surface area contributed by atoms with Gasteiger partial charge in [0.25, 0.3) is 0 Å². The Labute approximate surface area is 108 Å². The van der Waals surface area contributed by atoms with Crippen LogP contribution in [-0.4, -0.2) is 9.78 Å². The number of hydrogen-bond donors (Lipinski definition) is 1. The molecule has 16 heavy (non-hydrogen) atoms. The lowest BCUT2D eigenvalue weighted by Crippen LogP contribution is -2.06. The summed E-state index contributed by atoms with van der Waals surface area (Å²) in [5.41, 5.74) is 6.51. The number of nitrogens with zero attached hydrogens (tertiary/aromatic N) is 2. The van der Waals surface area contributed by atoms with Crippen LogP contribution in [0.25, 0.3) is 0 Å². The van der Waals surface area contributed by atoms with Crippen molar-refractivity contribution < 1.29 is 0 Å². The Morgan fingerprint density at radius 3 is 2.25 bits per heavy atom. The molecule has 0 aliphatic rings. The number of aromatic nitrogens is 2. The van der Waals surface area contributed by atoms with Crippen LogP contribution in [-0.2, 0) is 6.54 Å². The Bertz CT molecular complexity index is 502. The van der Waals surface area contributed by atoms with E-state index in [0.717, 1.165) is 5.56 Å². The lowest BCUT2D eigenvalue weighted by molar-refractivity contribution is 0.697. The Balaban J connectivity index is 2.38. The van der Waals surface area contributed by atoms with E-state index in [1.165, 1.54) is 6.20 Å². The zero-order valence-corrected chi connectivity index (χ0v) is 10.4. The summed E-state index contributed by atoms with van der Waals surface area (Å²) in [5.74, 6) is 0.401. The van der Waals surface area contributed by atoms with Gasteiger partial charge in [0.2, 0.25) is 0 Å². The number of rotatable bonds is 2. The van der Waals surface area contributed by atoms with Gasteiger partial charge in [0, 0.05) is 15.6 Å². The van der Waals surface area contributed by atoms with E-state index in [1.807, 2.05) is 0 Å². The van der Waals surface area contributed by atoms with Crippen molar-refractivity contribution in [3.05, 3.63) is 45.0 Å². The first-order valence-electron chi connectivity index (χ1n) is 4.49. The van der Waals surface area contributed by atoms with Crippen LogP contribution in [0.4, 0.5) is 5.82 Å². The van der Waals surface area contributed by atoms with Gasteiger partial charge in [0.1, 0.15) is 10.8 Å². The zero-order valence-electron chi connectivity index (χ0n) is 8.12. The van der Waals surface area contributed by atoms with Gasteiger partial charge < -0.3 is 5.73 Å². The molecule has 0 aliphatic carbocycles. The summed E-state index contributed by atoms with van der Waals surface area (Å²) in [6.07, 6.45) is 1.49. The Morgan fingerprint density at radius 2 is 1.75 bits per heavy atom. The summed E-state index contributed by atoms with van der Waals surface area (Å²) < 4.78 is 1.55. The predicted octanol–water partition coefficient (Wildman–Crippen LogP) is 3.47. The van der Waals surface area contributed by atoms with E-state index >= 15 is 0 Å². The molecule has 0 aliphatic heterocycles. The van der Waals surface area contributed by atoms with E-state index < -0.39 is 0 Å². The highest BCUT2D eigenvalue weighted by Gasteiger charge is 2.10. The molecule has 0 bridgehead atoms. The molecule has 1 heterocycles. The minimum atomic E-state index is 0.400. The van der Waals surface area contributed by atoms with E-state index in [2.05, 4.69) is 5.10 Å². The summed E-state index contributed by atoms with van der Waals surface area (Å²) >= 11 is 17.9. The maximum atomic E-state index is 6.04. The van der Waals surface area contributed by atoms with Crippen LogP contribution in [0.3, 0.4) is 0 Å². The first-order valence-corrected chi connectivity index (χ1v) is 5.62. The van der Waals surface area contributed by atoms with Crippen molar-refractivity contribution in [2.45, 2.75) is 6.54 Å². The van der Waals surface area contributed by atoms with Crippen LogP contribution < -0.4 is 5.73 Å². The molecule has 6 heteroatoms. The molecule has 2 aromatic rings. The van der Waals surface area contributed by atoms with Crippen molar-refractivity contribution in [1.82, 2.24) is 9.78 Å². The third kappa shape index (κ3) is 2.12. The fourth-order valence-corrected chi connectivity index (χ4v) is 1.99. The molecule has 2 rings (SSSR count). The SMILES string of the molecule is Nc1c(Cl)cnn1Cc1c(Cl)cccc1Cl. The second-order valence-electron chi connectivity index (χ2n) is 3.24. The normalized spacial score (nSPS) is 10.7. The van der Waals surface area contributed by atoms with Gasteiger partial charge in [-0.25, -0.2) is 4.68 Å². The number of benzene rings is 1. The van der Waals surface area contributed by atoms with Crippen molar-refractivity contribution in [3.63, 3.8) is 0 Å². The van der Waals surface area contributed by atoms with Gasteiger partial charge in [-0.1, -0.05) is 40.9 Å². The summed E-state index contributed by atoms with van der Waals surface area (Å²) in [7, 11) is 0. The highest BCUT2D eigenvalue weighted by molar-refractivity contribution is 6.36. The number of halogens is 3. The number of nitrogen functional groups attached to an aromatic ring is 1. The molecule has 0 unspecified atom stereocenters. The first kappa shape index (κ1) is 11.6. The van der Waals surface area contributed by atoms with Gasteiger partial charge in [0.05, 0.1) is 12.7 Å². The summed E-state index contributed by atoms with van der Waals surface area (Å²) in [6, 6.07) is 5.32. The van der Waals surface area contributed by atoms with E-state index in [4.69, 9.17) is 40.5 Å². The van der Waals surface area contributed by atoms with Crippen molar-refractivity contribution >= 4 is 40.6 Å². The van der Waals surface area contributed by atoms with E-state index in [9.17, 15) is 0 Å². The average Bonchev–Trinajstić information content (AvgIpc) is 2.55. The molecular weight excluding hydrogens is 268 g/mol. The van der Waals surface area contributed by atoms with Crippen molar-refractivity contribution in [2.24, 2.45) is 0 Å². The lowest BCUT2D eigenvalue weighted by Gasteiger charge is -2.08. The quantitative estimate of drug-likeness (QED) is 0.912. The van der Waals surface area contributed by atoms with Crippen LogP contribution >= 0.6 is 34.8 Å². The second kappa shape index (κ2) is 4.53. The highest BCUT2D eigenvalue weighted by atomic mass is 35.5. The van der Waals surface area contributed by atoms with Gasteiger partial charge in [0.15, 0.2) is 0 Å². The average molecular weight is 277 g/mol. The van der Waals surface area contributed by atoms with Gasteiger partial charge in [-0.3, -0.25) is 0 Å². The standard InChI is InChI=1S/C10H8Cl3N3/c11-7-2-1-3-8(12)6(7)5-16-10(14)9(13)4-15-16/h1-4H,5,14H2. The minimum Gasteiger partial charge on any atom is -0.383 e. The van der Waals surface area contributed by atoms with Gasteiger partial charge in [-0.2, -0.15) is 5.10 Å². The van der Waals surface area contributed by atoms with Crippen LogP contribution in [0.2, 0.25) is 15.1 Å². The third-order valence-corrected chi connectivity index (χ3v) is 3.20. The number of hydrogen-bond acceptors (Lipinski definition) is 2. The third-order valence-electron chi connectivity index (χ3n) is 2.20. The van der Waals surface area contributed by atoms with Crippen LogP contribution in [0.5, 0.6) is 0 Å². The maximum absolute atomic E-state index is 6.04. The van der Waals surface area contributed by atoms with Crippen molar-refractivity contribution in [2.75, 3.05) is 5.73 Å². The molecule has 0 atom stereocenters. The van der Waals surface area contributed by atoms with Gasteiger partial charge in [-0.15, -0.1) is 0 Å². The Kier molecular flexibility index (Phi) is 3.28. The number of anilines is 1. The topological polar surface area (TPSA) is 43.8 Å². The largest absolute Gasteiger partial charge is 0.383 e. The lowest BCUT2D eigenvalue weighted by atomic mass is 10.2. The molecule has 0 fully saturated rings.